The molecular formula is C27H29N3O2S. The minimum Gasteiger partial charge on any atom is -0.379 e. The van der Waals surface area contributed by atoms with Crippen LogP contribution in [0.5, 0.6) is 0 Å². The summed E-state index contributed by atoms with van der Waals surface area (Å²) in [5, 5.41) is 3.09. The number of carbonyl (C=O) groups is 1. The first-order chi connectivity index (χ1) is 16.1. The number of ether oxygens (including phenoxy) is 1. The Morgan fingerprint density at radius 3 is 2.61 bits per heavy atom. The largest absolute Gasteiger partial charge is 0.379 e. The van der Waals surface area contributed by atoms with E-state index in [4.69, 9.17) is 9.72 Å². The number of amides is 1. The Labute approximate surface area is 198 Å². The van der Waals surface area contributed by atoms with Crippen molar-refractivity contribution in [1.82, 2.24) is 9.88 Å². The van der Waals surface area contributed by atoms with Crippen LogP contribution in [0.2, 0.25) is 0 Å². The molecule has 0 bridgehead atoms. The number of morpholine rings is 1. The molecule has 0 saturated carbocycles. The van der Waals surface area contributed by atoms with Gasteiger partial charge in [-0.1, -0.05) is 65.9 Å². The highest BCUT2D eigenvalue weighted by Crippen LogP contribution is 2.33. The van der Waals surface area contributed by atoms with Crippen molar-refractivity contribution in [1.29, 1.82) is 0 Å². The molecule has 0 aliphatic carbocycles. The van der Waals surface area contributed by atoms with Gasteiger partial charge >= 0.3 is 0 Å². The van der Waals surface area contributed by atoms with Crippen molar-refractivity contribution in [3.05, 3.63) is 71.3 Å². The fourth-order valence-corrected chi connectivity index (χ4v) is 5.62. The second-order valence-corrected chi connectivity index (χ2v) is 9.67. The zero-order valence-electron chi connectivity index (χ0n) is 19.2. The van der Waals surface area contributed by atoms with Crippen molar-refractivity contribution >= 4 is 43.4 Å². The van der Waals surface area contributed by atoms with Gasteiger partial charge in [0.05, 0.1) is 29.9 Å². The predicted octanol–water partition coefficient (Wildman–Crippen LogP) is 4.97. The van der Waals surface area contributed by atoms with Crippen LogP contribution in [0.1, 0.15) is 16.7 Å². The zero-order chi connectivity index (χ0) is 22.8. The smallest absolute Gasteiger partial charge is 0.233 e. The van der Waals surface area contributed by atoms with Gasteiger partial charge in [0.25, 0.3) is 0 Å². The molecule has 2 heterocycles. The highest BCUT2D eigenvalue weighted by molar-refractivity contribution is 7.22. The number of hydrogen-bond acceptors (Lipinski definition) is 5. The average molecular weight is 460 g/mol. The van der Waals surface area contributed by atoms with Crippen LogP contribution in [0.25, 0.3) is 21.0 Å². The molecule has 4 aromatic rings. The van der Waals surface area contributed by atoms with Gasteiger partial charge in [-0.3, -0.25) is 14.6 Å². The van der Waals surface area contributed by atoms with Crippen molar-refractivity contribution in [3.63, 3.8) is 0 Å². The Morgan fingerprint density at radius 1 is 1.03 bits per heavy atom. The summed E-state index contributed by atoms with van der Waals surface area (Å²) >= 11 is 1.63. The van der Waals surface area contributed by atoms with Crippen LogP contribution >= 0.6 is 11.3 Å². The van der Waals surface area contributed by atoms with Gasteiger partial charge in [-0.2, -0.15) is 0 Å². The van der Waals surface area contributed by atoms with Crippen LogP contribution in [0, 0.1) is 13.8 Å². The average Bonchev–Trinajstić information content (AvgIpc) is 3.29. The summed E-state index contributed by atoms with van der Waals surface area (Å²) in [7, 11) is 0. The monoisotopic (exact) mass is 459 g/mol. The lowest BCUT2D eigenvalue weighted by Crippen LogP contribution is -2.43. The van der Waals surface area contributed by atoms with E-state index in [9.17, 15) is 4.79 Å². The Hall–Kier alpha value is -2.80. The van der Waals surface area contributed by atoms with Gasteiger partial charge in [0.1, 0.15) is 0 Å². The number of thiazole rings is 1. The molecule has 5 nitrogen and oxygen atoms in total. The third kappa shape index (κ3) is 4.64. The van der Waals surface area contributed by atoms with Gasteiger partial charge in [0.2, 0.25) is 5.91 Å². The van der Waals surface area contributed by atoms with E-state index in [1.54, 1.807) is 11.3 Å². The van der Waals surface area contributed by atoms with E-state index < -0.39 is 0 Å². The Kier molecular flexibility index (Phi) is 6.40. The van der Waals surface area contributed by atoms with E-state index in [1.807, 2.05) is 23.1 Å². The number of fused-ring (bicyclic) bond motifs is 2. The Bertz CT molecular complexity index is 1250. The van der Waals surface area contributed by atoms with Crippen LogP contribution < -0.4 is 4.90 Å². The van der Waals surface area contributed by atoms with Gasteiger partial charge in [0, 0.05) is 26.2 Å². The maximum Gasteiger partial charge on any atom is 0.233 e. The van der Waals surface area contributed by atoms with E-state index in [2.05, 4.69) is 55.1 Å². The van der Waals surface area contributed by atoms with E-state index in [0.717, 1.165) is 65.4 Å². The number of rotatable bonds is 6. The summed E-state index contributed by atoms with van der Waals surface area (Å²) in [4.78, 5) is 22.9. The van der Waals surface area contributed by atoms with Crippen molar-refractivity contribution in [2.24, 2.45) is 0 Å². The molecule has 1 aromatic heterocycles. The number of benzene rings is 3. The van der Waals surface area contributed by atoms with Gasteiger partial charge in [-0.15, -0.1) is 0 Å². The van der Waals surface area contributed by atoms with Gasteiger partial charge in [-0.25, -0.2) is 4.98 Å². The van der Waals surface area contributed by atoms with E-state index in [-0.39, 0.29) is 5.91 Å². The maximum atomic E-state index is 13.7. The standard InChI is InChI=1S/C27H29N3O2S/c1-19-10-11-20(2)26-25(19)28-27(33-26)30(13-12-29-14-16-32-17-15-29)24(31)18-22-8-5-7-21-6-3-4-9-23(21)22/h3-11H,12-18H2,1-2H3. The van der Waals surface area contributed by atoms with Crippen molar-refractivity contribution in [2.75, 3.05) is 44.3 Å². The first-order valence-corrected chi connectivity index (χ1v) is 12.4. The van der Waals surface area contributed by atoms with Crippen molar-refractivity contribution in [2.45, 2.75) is 20.3 Å². The van der Waals surface area contributed by atoms with Gasteiger partial charge < -0.3 is 4.74 Å². The molecule has 1 amide bonds. The van der Waals surface area contributed by atoms with Crippen LogP contribution in [0.4, 0.5) is 5.13 Å². The maximum absolute atomic E-state index is 13.7. The summed E-state index contributed by atoms with van der Waals surface area (Å²) in [6.45, 7) is 8.96. The topological polar surface area (TPSA) is 45.7 Å². The van der Waals surface area contributed by atoms with Crippen LogP contribution in [0.15, 0.2) is 54.6 Å². The second-order valence-electron chi connectivity index (χ2n) is 8.69. The van der Waals surface area contributed by atoms with Gasteiger partial charge in [0.15, 0.2) is 5.13 Å². The lowest BCUT2D eigenvalue weighted by atomic mass is 10.0. The van der Waals surface area contributed by atoms with E-state index >= 15 is 0 Å². The van der Waals surface area contributed by atoms with E-state index in [0.29, 0.717) is 13.0 Å². The molecule has 5 rings (SSSR count). The number of hydrogen-bond donors (Lipinski definition) is 0. The van der Waals surface area contributed by atoms with Gasteiger partial charge in [-0.05, 0) is 41.3 Å². The molecule has 1 aliphatic rings. The predicted molar refractivity (Wildman–Crippen MR) is 136 cm³/mol. The molecule has 1 saturated heterocycles. The summed E-state index contributed by atoms with van der Waals surface area (Å²) in [5.74, 6) is 0.0916. The van der Waals surface area contributed by atoms with Crippen LogP contribution in [0.3, 0.4) is 0 Å². The quantitative estimate of drug-likeness (QED) is 0.408. The van der Waals surface area contributed by atoms with Crippen molar-refractivity contribution < 1.29 is 9.53 Å². The molecule has 0 spiro atoms. The second kappa shape index (κ2) is 9.59. The fourth-order valence-electron chi connectivity index (χ4n) is 4.46. The fraction of sp³-hybridized carbons (Fsp3) is 0.333. The number of aromatic nitrogens is 1. The minimum absolute atomic E-state index is 0.0916. The lowest BCUT2D eigenvalue weighted by Gasteiger charge is -2.29. The zero-order valence-corrected chi connectivity index (χ0v) is 20.0. The van der Waals surface area contributed by atoms with Crippen LogP contribution in [-0.4, -0.2) is 55.2 Å². The first kappa shape index (κ1) is 22.0. The summed E-state index contributed by atoms with van der Waals surface area (Å²) < 4.78 is 6.66. The molecule has 0 atom stereocenters. The Balaban J connectivity index is 1.47. The summed E-state index contributed by atoms with van der Waals surface area (Å²) in [6.07, 6.45) is 0.359. The third-order valence-corrected chi connectivity index (χ3v) is 7.64. The summed E-state index contributed by atoms with van der Waals surface area (Å²) in [6, 6.07) is 18.7. The number of aryl methyl sites for hydroxylation is 2. The van der Waals surface area contributed by atoms with Crippen molar-refractivity contribution in [3.8, 4) is 0 Å². The molecule has 0 radical (unpaired) electrons. The molecule has 3 aromatic carbocycles. The molecule has 0 N–H and O–H groups in total. The summed E-state index contributed by atoms with van der Waals surface area (Å²) in [5.41, 5.74) is 4.41. The third-order valence-electron chi connectivity index (χ3n) is 6.43. The highest BCUT2D eigenvalue weighted by atomic mass is 32.1. The molecule has 1 fully saturated rings. The van der Waals surface area contributed by atoms with E-state index in [1.165, 1.54) is 10.3 Å². The molecule has 33 heavy (non-hydrogen) atoms. The number of nitrogens with zero attached hydrogens (tertiary/aromatic N) is 3. The number of carbonyl (C=O) groups excluding carboxylic acids is 1. The SMILES string of the molecule is Cc1ccc(C)c2sc(N(CCN3CCOCC3)C(=O)Cc3cccc4ccccc34)nc12. The lowest BCUT2D eigenvalue weighted by molar-refractivity contribution is -0.118. The number of anilines is 1. The van der Waals surface area contributed by atoms with Crippen LogP contribution in [-0.2, 0) is 16.0 Å². The first-order valence-electron chi connectivity index (χ1n) is 11.5. The normalized spacial score (nSPS) is 14.7. The molecule has 1 aliphatic heterocycles. The Morgan fingerprint density at radius 2 is 1.79 bits per heavy atom. The molecule has 6 heteroatoms. The molecule has 170 valence electrons. The molecule has 0 unspecified atom stereocenters. The minimum atomic E-state index is 0.0916. The molecular weight excluding hydrogens is 430 g/mol. The highest BCUT2D eigenvalue weighted by Gasteiger charge is 2.23.